The van der Waals surface area contributed by atoms with Gasteiger partial charge < -0.3 is 4.79 Å². The predicted octanol–water partition coefficient (Wildman–Crippen LogP) is 7.46. The molecule has 0 spiro atoms. The molecule has 0 bridgehead atoms. The molecule has 0 heterocycles. The lowest BCUT2D eigenvalue weighted by molar-refractivity contribution is -0.106. The Balaban J connectivity index is -0.000000106. The van der Waals surface area contributed by atoms with Crippen molar-refractivity contribution in [1.29, 1.82) is 0 Å². The molecule has 1 rings (SSSR count). The van der Waals surface area contributed by atoms with Crippen LogP contribution in [0.1, 0.15) is 90.8 Å². The second kappa shape index (κ2) is 28.1. The van der Waals surface area contributed by atoms with Crippen molar-refractivity contribution >= 4 is 6.29 Å². The van der Waals surface area contributed by atoms with E-state index in [-0.39, 0.29) is 0 Å². The Kier molecular flexibility index (Phi) is 37.0. The molecule has 1 aromatic rings. The molecule has 0 N–H and O–H groups in total. The van der Waals surface area contributed by atoms with Gasteiger partial charge in [-0.25, -0.2) is 0 Å². The smallest absolute Gasteiger partial charge is 0.116 e. The molecule has 1 aromatic carbocycles. The Bertz CT molecular complexity index is 295. The number of carbonyl (C=O) groups is 1. The lowest BCUT2D eigenvalue weighted by atomic mass is 10.1. The molecule has 0 aliphatic heterocycles. The van der Waals surface area contributed by atoms with Crippen LogP contribution in [0.2, 0.25) is 0 Å². The zero-order valence-corrected chi connectivity index (χ0v) is 17.0. The maximum Gasteiger partial charge on any atom is 0.116 e. The minimum atomic E-state index is 0.750. The zero-order chi connectivity index (χ0) is 18.4. The van der Waals surface area contributed by atoms with Gasteiger partial charge in [0.25, 0.3) is 0 Å². The number of hydrogen-bond donors (Lipinski definition) is 0. The van der Waals surface area contributed by atoms with E-state index in [9.17, 15) is 0 Å². The summed E-state index contributed by atoms with van der Waals surface area (Å²) < 4.78 is 0. The molecule has 22 heavy (non-hydrogen) atoms. The number of aryl methyl sites for hydroxylation is 3. The molecule has 0 saturated heterocycles. The summed E-state index contributed by atoms with van der Waals surface area (Å²) in [5, 5.41) is 0. The highest BCUT2D eigenvalue weighted by Gasteiger charge is 1.89. The van der Waals surface area contributed by atoms with E-state index < -0.39 is 0 Å². The van der Waals surface area contributed by atoms with Gasteiger partial charge in [0.15, 0.2) is 0 Å². The van der Waals surface area contributed by atoms with E-state index in [1.54, 1.807) is 0 Å². The summed E-state index contributed by atoms with van der Waals surface area (Å²) in [5.74, 6) is 0. The molecule has 0 radical (unpaired) electrons. The zero-order valence-electron chi connectivity index (χ0n) is 17.0. The fourth-order valence-electron chi connectivity index (χ4n) is 0.891. The first-order chi connectivity index (χ1) is 10.4. The van der Waals surface area contributed by atoms with Crippen LogP contribution in [-0.4, -0.2) is 6.29 Å². The van der Waals surface area contributed by atoms with Crippen molar-refractivity contribution in [2.75, 3.05) is 0 Å². The van der Waals surface area contributed by atoms with Gasteiger partial charge in [-0.05, 0) is 38.8 Å². The number of aldehydes is 1. The second-order valence-electron chi connectivity index (χ2n) is 4.82. The maximum absolute atomic E-state index is 8.81. The highest BCUT2D eigenvalue weighted by molar-refractivity contribution is 5.44. The van der Waals surface area contributed by atoms with Gasteiger partial charge in [0.05, 0.1) is 0 Å². The van der Waals surface area contributed by atoms with E-state index in [1.807, 2.05) is 13.8 Å². The summed E-state index contributed by atoms with van der Waals surface area (Å²) in [7, 11) is 0. The van der Waals surface area contributed by atoms with Gasteiger partial charge in [0.2, 0.25) is 0 Å². The number of unbranched alkanes of at least 4 members (excludes halogenated alkanes) is 2. The SMILES string of the molecule is CC.CC=O.CCCC.CCCC.Cc1ccc(C)c(C)c1. The van der Waals surface area contributed by atoms with Crippen LogP contribution >= 0.6 is 0 Å². The van der Waals surface area contributed by atoms with Gasteiger partial charge >= 0.3 is 0 Å². The van der Waals surface area contributed by atoms with E-state index in [0.717, 1.165) is 6.29 Å². The lowest BCUT2D eigenvalue weighted by Gasteiger charge is -1.98. The average Bonchev–Trinajstić information content (AvgIpc) is 2.54. The molecular weight excluding hydrogens is 268 g/mol. The van der Waals surface area contributed by atoms with Gasteiger partial charge in [-0.3, -0.25) is 0 Å². The van der Waals surface area contributed by atoms with Gasteiger partial charge in [-0.15, -0.1) is 0 Å². The number of carbonyl (C=O) groups excluding carboxylic acids is 1. The Labute approximate surface area is 141 Å². The Morgan fingerprint density at radius 3 is 1.27 bits per heavy atom. The minimum absolute atomic E-state index is 0.750. The lowest BCUT2D eigenvalue weighted by Crippen LogP contribution is -1.79. The van der Waals surface area contributed by atoms with Gasteiger partial charge in [0.1, 0.15) is 6.29 Å². The topological polar surface area (TPSA) is 17.1 Å². The Morgan fingerprint density at radius 1 is 0.773 bits per heavy atom. The van der Waals surface area contributed by atoms with E-state index in [0.29, 0.717) is 0 Å². The highest BCUT2D eigenvalue weighted by atomic mass is 16.1. The number of rotatable bonds is 2. The van der Waals surface area contributed by atoms with E-state index in [1.165, 1.54) is 49.3 Å². The van der Waals surface area contributed by atoms with E-state index >= 15 is 0 Å². The van der Waals surface area contributed by atoms with Crippen molar-refractivity contribution in [3.63, 3.8) is 0 Å². The third kappa shape index (κ3) is 31.3. The van der Waals surface area contributed by atoms with Crippen molar-refractivity contribution < 1.29 is 4.79 Å². The fraction of sp³-hybridized carbons (Fsp3) is 0.667. The second-order valence-corrected chi connectivity index (χ2v) is 4.82. The monoisotopic (exact) mass is 310 g/mol. The third-order valence-corrected chi connectivity index (χ3v) is 2.66. The molecule has 1 heteroatoms. The Hall–Kier alpha value is -1.11. The van der Waals surface area contributed by atoms with Crippen LogP contribution in [0.4, 0.5) is 0 Å². The minimum Gasteiger partial charge on any atom is -0.304 e. The summed E-state index contributed by atoms with van der Waals surface area (Å²) in [6.07, 6.45) is 6.03. The van der Waals surface area contributed by atoms with Crippen LogP contribution < -0.4 is 0 Å². The fourth-order valence-corrected chi connectivity index (χ4v) is 0.891. The molecule has 132 valence electrons. The molecule has 0 atom stereocenters. The first-order valence-corrected chi connectivity index (χ1v) is 8.88. The maximum atomic E-state index is 8.81. The molecule has 0 aromatic heterocycles. The number of benzene rings is 1. The highest BCUT2D eigenvalue weighted by Crippen LogP contribution is 2.07. The van der Waals surface area contributed by atoms with Crippen molar-refractivity contribution in [2.24, 2.45) is 0 Å². The van der Waals surface area contributed by atoms with Crippen LogP contribution in [0.3, 0.4) is 0 Å². The molecule has 0 saturated carbocycles. The van der Waals surface area contributed by atoms with Crippen LogP contribution in [0.25, 0.3) is 0 Å². The number of hydrogen-bond acceptors (Lipinski definition) is 1. The average molecular weight is 311 g/mol. The predicted molar refractivity (Wildman–Crippen MR) is 105 cm³/mol. The molecule has 1 nitrogen and oxygen atoms in total. The van der Waals surface area contributed by atoms with Crippen molar-refractivity contribution in [2.45, 2.75) is 94.9 Å². The molecule has 0 amide bonds. The summed E-state index contributed by atoms with van der Waals surface area (Å²) >= 11 is 0. The quantitative estimate of drug-likeness (QED) is 0.518. The molecular formula is C21H42O. The molecule has 0 aliphatic carbocycles. The van der Waals surface area contributed by atoms with Crippen LogP contribution in [0, 0.1) is 20.8 Å². The standard InChI is InChI=1S/C9H12.2C4H10.C2H4O.C2H6/c1-7-4-5-8(2)9(3)6-7;2*1-3-4-2;1-2-3;1-2/h4-6H,1-3H3;2*3-4H2,1-2H3;2H,1H3;1-2H3. The summed E-state index contributed by atoms with van der Waals surface area (Å²) in [6.45, 7) is 20.6. The van der Waals surface area contributed by atoms with Crippen molar-refractivity contribution in [3.05, 3.63) is 34.9 Å². The van der Waals surface area contributed by atoms with Gasteiger partial charge in [-0.1, -0.05) is 91.0 Å². The van der Waals surface area contributed by atoms with Crippen molar-refractivity contribution in [1.82, 2.24) is 0 Å². The summed E-state index contributed by atoms with van der Waals surface area (Å²) in [5.41, 5.74) is 4.11. The molecule has 0 fully saturated rings. The van der Waals surface area contributed by atoms with E-state index in [2.05, 4.69) is 66.7 Å². The largest absolute Gasteiger partial charge is 0.304 e. The first-order valence-electron chi connectivity index (χ1n) is 8.88. The van der Waals surface area contributed by atoms with Gasteiger partial charge in [0, 0.05) is 0 Å². The summed E-state index contributed by atoms with van der Waals surface area (Å²) in [4.78, 5) is 8.81. The van der Waals surface area contributed by atoms with E-state index in [4.69, 9.17) is 4.79 Å². The van der Waals surface area contributed by atoms with Gasteiger partial charge in [-0.2, -0.15) is 0 Å². The van der Waals surface area contributed by atoms with Crippen LogP contribution in [-0.2, 0) is 4.79 Å². The van der Waals surface area contributed by atoms with Crippen molar-refractivity contribution in [3.8, 4) is 0 Å². The van der Waals surface area contributed by atoms with Crippen LogP contribution in [0.5, 0.6) is 0 Å². The third-order valence-electron chi connectivity index (χ3n) is 2.66. The normalized spacial score (nSPS) is 7.55. The first kappa shape index (κ1) is 29.0. The Morgan fingerprint density at radius 2 is 1.09 bits per heavy atom. The summed E-state index contributed by atoms with van der Waals surface area (Å²) in [6, 6.07) is 6.50. The molecule has 0 unspecified atom stereocenters. The molecule has 0 aliphatic rings. The van der Waals surface area contributed by atoms with Crippen LogP contribution in [0.15, 0.2) is 18.2 Å².